The van der Waals surface area contributed by atoms with Gasteiger partial charge in [-0.3, -0.25) is 19.4 Å². The number of anilines is 2. The van der Waals surface area contributed by atoms with Crippen LogP contribution in [0.15, 0.2) is 89.9 Å². The summed E-state index contributed by atoms with van der Waals surface area (Å²) < 4.78 is 22.4. The molecule has 0 unspecified atom stereocenters. The number of para-hydroxylation sites is 1. The number of ether oxygens (including phenoxy) is 4. The summed E-state index contributed by atoms with van der Waals surface area (Å²) in [5.41, 5.74) is 3.45. The molecule has 0 spiro atoms. The number of carbonyl (C=O) groups is 3. The van der Waals surface area contributed by atoms with Gasteiger partial charge in [-0.15, -0.1) is 0 Å². The van der Waals surface area contributed by atoms with E-state index in [-0.39, 0.29) is 23.0 Å². The van der Waals surface area contributed by atoms with Gasteiger partial charge in [0.1, 0.15) is 23.9 Å². The predicted molar refractivity (Wildman–Crippen MR) is 171 cm³/mol. The Morgan fingerprint density at radius 3 is 2.42 bits per heavy atom. The van der Waals surface area contributed by atoms with E-state index in [0.29, 0.717) is 48.0 Å². The average molecular weight is 608 g/mol. The van der Waals surface area contributed by atoms with E-state index in [1.807, 2.05) is 49.4 Å². The number of hydrogen-bond donors (Lipinski definition) is 1. The first-order chi connectivity index (χ1) is 21.7. The van der Waals surface area contributed by atoms with Crippen molar-refractivity contribution in [1.82, 2.24) is 0 Å². The fraction of sp³-hybridized carbons (Fsp3) is 0.200. The number of aliphatic imine (C=N–C) groups is 1. The summed E-state index contributed by atoms with van der Waals surface area (Å²) in [5, 5.41) is 2.77. The van der Waals surface area contributed by atoms with Crippen LogP contribution in [0.1, 0.15) is 38.8 Å². The van der Waals surface area contributed by atoms with Crippen LogP contribution in [0.25, 0.3) is 0 Å². The predicted octanol–water partition coefficient (Wildman–Crippen LogP) is 6.22. The van der Waals surface area contributed by atoms with Crippen molar-refractivity contribution in [2.24, 2.45) is 4.99 Å². The second-order valence-corrected chi connectivity index (χ2v) is 10.3. The van der Waals surface area contributed by atoms with Gasteiger partial charge in [-0.05, 0) is 72.6 Å². The molecule has 10 heteroatoms. The summed E-state index contributed by atoms with van der Waals surface area (Å²) in [5.74, 6) is 0.936. The van der Waals surface area contributed by atoms with E-state index in [2.05, 4.69) is 10.3 Å². The molecule has 0 saturated heterocycles. The molecule has 1 aliphatic heterocycles. The Morgan fingerprint density at radius 2 is 1.71 bits per heavy atom. The normalized spacial score (nSPS) is 12.0. The Balaban J connectivity index is 1.33. The molecule has 4 aromatic rings. The van der Waals surface area contributed by atoms with Gasteiger partial charge in [-0.2, -0.15) is 0 Å². The number of amides is 2. The standard InChI is InChI=1S/C35H33N3O7/c1-22-9-16-29(32(19-22)45-26-13-10-24(11-14-26)20-33-36-17-18-43-33)38(3)35(41)25-12-15-28(31(21-25)42-4)37-34(40)27-7-5-6-8-30(27)44-23(2)39/h5-16,19,21H,17-18,20H2,1-4H3,(H,37,40). The molecule has 0 saturated carbocycles. The third-order valence-corrected chi connectivity index (χ3v) is 7.02. The lowest BCUT2D eigenvalue weighted by molar-refractivity contribution is -0.131. The lowest BCUT2D eigenvalue weighted by Crippen LogP contribution is -2.26. The van der Waals surface area contributed by atoms with E-state index in [1.54, 1.807) is 43.4 Å². The molecule has 0 bridgehead atoms. The summed E-state index contributed by atoms with van der Waals surface area (Å²) in [6, 6.07) is 24.4. The van der Waals surface area contributed by atoms with Crippen molar-refractivity contribution in [2.45, 2.75) is 20.3 Å². The second kappa shape index (κ2) is 13.8. The third-order valence-electron chi connectivity index (χ3n) is 7.02. The number of rotatable bonds is 10. The molecule has 45 heavy (non-hydrogen) atoms. The molecule has 0 fully saturated rings. The van der Waals surface area contributed by atoms with E-state index >= 15 is 0 Å². The van der Waals surface area contributed by atoms with Crippen LogP contribution in [0.5, 0.6) is 23.0 Å². The van der Waals surface area contributed by atoms with Crippen LogP contribution >= 0.6 is 0 Å². The van der Waals surface area contributed by atoms with E-state index in [0.717, 1.165) is 17.0 Å². The first-order valence-corrected chi connectivity index (χ1v) is 14.3. The number of nitrogens with one attached hydrogen (secondary N) is 1. The van der Waals surface area contributed by atoms with Crippen LogP contribution in [-0.2, 0) is 16.0 Å². The number of aryl methyl sites for hydroxylation is 1. The van der Waals surface area contributed by atoms with Crippen LogP contribution in [0.4, 0.5) is 11.4 Å². The van der Waals surface area contributed by atoms with E-state index in [1.165, 1.54) is 25.0 Å². The SMILES string of the molecule is COc1cc(C(=O)N(C)c2ccc(C)cc2Oc2ccc(CC3=NCCO3)cc2)ccc1NC(=O)c1ccccc1OC(C)=O. The van der Waals surface area contributed by atoms with Crippen LogP contribution in [0.2, 0.25) is 0 Å². The minimum Gasteiger partial charge on any atom is -0.495 e. The van der Waals surface area contributed by atoms with Gasteiger partial charge in [0, 0.05) is 26.0 Å². The fourth-order valence-corrected chi connectivity index (χ4v) is 4.76. The minimum absolute atomic E-state index is 0.135. The second-order valence-electron chi connectivity index (χ2n) is 10.3. The topological polar surface area (TPSA) is 116 Å². The zero-order chi connectivity index (χ0) is 31.9. The van der Waals surface area contributed by atoms with Crippen LogP contribution in [0, 0.1) is 6.92 Å². The van der Waals surface area contributed by atoms with Crippen molar-refractivity contribution in [2.75, 3.05) is 37.5 Å². The van der Waals surface area contributed by atoms with Crippen molar-refractivity contribution < 1.29 is 33.3 Å². The maximum absolute atomic E-state index is 13.7. The molecule has 10 nitrogen and oxygen atoms in total. The van der Waals surface area contributed by atoms with Gasteiger partial charge in [0.25, 0.3) is 11.8 Å². The third kappa shape index (κ3) is 7.48. The summed E-state index contributed by atoms with van der Waals surface area (Å²) in [6.07, 6.45) is 0.626. The van der Waals surface area contributed by atoms with Gasteiger partial charge >= 0.3 is 5.97 Å². The van der Waals surface area contributed by atoms with E-state index < -0.39 is 11.9 Å². The van der Waals surface area contributed by atoms with E-state index in [4.69, 9.17) is 18.9 Å². The lowest BCUT2D eigenvalue weighted by atomic mass is 10.1. The van der Waals surface area contributed by atoms with Crippen molar-refractivity contribution in [3.8, 4) is 23.0 Å². The van der Waals surface area contributed by atoms with Gasteiger partial charge in [0.15, 0.2) is 11.6 Å². The molecule has 0 aromatic heterocycles. The van der Waals surface area contributed by atoms with Crippen LogP contribution < -0.4 is 24.4 Å². The van der Waals surface area contributed by atoms with Gasteiger partial charge in [0.05, 0.1) is 30.6 Å². The maximum Gasteiger partial charge on any atom is 0.308 e. The first-order valence-electron chi connectivity index (χ1n) is 14.3. The van der Waals surface area contributed by atoms with Gasteiger partial charge in [-0.1, -0.05) is 30.3 Å². The van der Waals surface area contributed by atoms with Crippen molar-refractivity contribution in [3.63, 3.8) is 0 Å². The highest BCUT2D eigenvalue weighted by Crippen LogP contribution is 2.35. The summed E-state index contributed by atoms with van der Waals surface area (Å²) >= 11 is 0. The molecule has 0 radical (unpaired) electrons. The quantitative estimate of drug-likeness (QED) is 0.168. The first kappa shape index (κ1) is 30.8. The zero-order valence-corrected chi connectivity index (χ0v) is 25.5. The van der Waals surface area contributed by atoms with E-state index in [9.17, 15) is 14.4 Å². The van der Waals surface area contributed by atoms with Gasteiger partial charge in [0.2, 0.25) is 0 Å². The summed E-state index contributed by atoms with van der Waals surface area (Å²) in [4.78, 5) is 44.0. The highest BCUT2D eigenvalue weighted by molar-refractivity contribution is 6.09. The Morgan fingerprint density at radius 1 is 0.933 bits per heavy atom. The van der Waals surface area contributed by atoms with Crippen molar-refractivity contribution >= 4 is 35.1 Å². The molecule has 5 rings (SSSR count). The Labute approximate surface area is 261 Å². The number of hydrogen-bond acceptors (Lipinski definition) is 8. The maximum atomic E-state index is 13.7. The van der Waals surface area contributed by atoms with Gasteiger partial charge in [-0.25, -0.2) is 0 Å². The molecule has 2 amide bonds. The number of nitrogens with zero attached hydrogens (tertiary/aromatic N) is 2. The van der Waals surface area contributed by atoms with Gasteiger partial charge < -0.3 is 29.2 Å². The van der Waals surface area contributed by atoms with Crippen molar-refractivity contribution in [1.29, 1.82) is 0 Å². The fourth-order valence-electron chi connectivity index (χ4n) is 4.76. The lowest BCUT2D eigenvalue weighted by Gasteiger charge is -2.22. The number of esters is 1. The molecular weight excluding hydrogens is 574 g/mol. The molecule has 4 aromatic carbocycles. The molecule has 230 valence electrons. The highest BCUT2D eigenvalue weighted by Gasteiger charge is 2.21. The largest absolute Gasteiger partial charge is 0.495 e. The van der Waals surface area contributed by atoms with Crippen LogP contribution in [0.3, 0.4) is 0 Å². The zero-order valence-electron chi connectivity index (χ0n) is 25.5. The summed E-state index contributed by atoms with van der Waals surface area (Å²) in [6.45, 7) is 4.53. The monoisotopic (exact) mass is 607 g/mol. The van der Waals surface area contributed by atoms with Crippen molar-refractivity contribution in [3.05, 3.63) is 107 Å². The smallest absolute Gasteiger partial charge is 0.308 e. The highest BCUT2D eigenvalue weighted by atomic mass is 16.5. The van der Waals surface area contributed by atoms with Crippen LogP contribution in [-0.4, -0.2) is 51.0 Å². The Hall–Kier alpha value is -5.64. The average Bonchev–Trinajstić information content (AvgIpc) is 3.54. The molecule has 0 atom stereocenters. The number of carbonyl (C=O) groups excluding carboxylic acids is 3. The molecule has 1 heterocycles. The number of benzene rings is 4. The minimum atomic E-state index is -0.541. The number of methoxy groups -OCH3 is 1. The molecule has 1 aliphatic rings. The molecule has 0 aliphatic carbocycles. The summed E-state index contributed by atoms with van der Waals surface area (Å²) in [7, 11) is 3.11. The molecule has 1 N–H and O–H groups in total. The Kier molecular flexibility index (Phi) is 9.43. The Bertz CT molecular complexity index is 1770. The molecular formula is C35H33N3O7.